The second-order valence-electron chi connectivity index (χ2n) is 5.36. The summed E-state index contributed by atoms with van der Waals surface area (Å²) in [6.07, 6.45) is 3.65. The van der Waals surface area contributed by atoms with Crippen molar-refractivity contribution in [2.24, 2.45) is 0 Å². The van der Waals surface area contributed by atoms with E-state index >= 15 is 0 Å². The topological polar surface area (TPSA) is 41.6 Å². The Bertz CT molecular complexity index is 491. The summed E-state index contributed by atoms with van der Waals surface area (Å²) in [6.45, 7) is 1.92. The zero-order valence-electron chi connectivity index (χ0n) is 12.1. The first kappa shape index (κ1) is 16.6. The molecule has 2 rings (SSSR count). The van der Waals surface area contributed by atoms with Crippen LogP contribution in [0.4, 0.5) is 5.69 Å². The van der Waals surface area contributed by atoms with E-state index < -0.39 is 0 Å². The van der Waals surface area contributed by atoms with Crippen molar-refractivity contribution in [3.05, 3.63) is 28.2 Å². The van der Waals surface area contributed by atoms with Crippen LogP contribution in [0.15, 0.2) is 18.2 Å². The fourth-order valence-corrected chi connectivity index (χ4v) is 2.68. The highest BCUT2D eigenvalue weighted by atomic mass is 35.5. The van der Waals surface area contributed by atoms with Gasteiger partial charge in [-0.3, -0.25) is 9.69 Å². The summed E-state index contributed by atoms with van der Waals surface area (Å²) in [7, 11) is 1.92. The molecule has 1 unspecified atom stereocenters. The third-order valence-corrected chi connectivity index (χ3v) is 4.15. The number of likely N-dealkylation sites (N-methyl/N-ethyl adjacent to an activating group) is 1. The van der Waals surface area contributed by atoms with Gasteiger partial charge in [0.25, 0.3) is 0 Å². The maximum absolute atomic E-state index is 12.0. The van der Waals surface area contributed by atoms with Crippen LogP contribution in [0.5, 0.6) is 0 Å². The number of nitrogens with zero attached hydrogens (tertiary/aromatic N) is 1. The molecule has 0 spiro atoms. The molecule has 1 aromatic rings. The van der Waals surface area contributed by atoms with Gasteiger partial charge in [-0.05, 0) is 44.5 Å². The van der Waals surface area contributed by atoms with Gasteiger partial charge >= 0.3 is 0 Å². The molecule has 1 amide bonds. The highest BCUT2D eigenvalue weighted by Gasteiger charge is 2.17. The standard InChI is InChI=1S/C15H20Cl2N2O2/c1-19(9-12-4-2-3-7-21-12)10-15(20)18-11-5-6-13(16)14(17)8-11/h5-6,8,12H,2-4,7,9-10H2,1H3,(H,18,20). The van der Waals surface area contributed by atoms with Crippen molar-refractivity contribution in [2.45, 2.75) is 25.4 Å². The Kier molecular flexibility index (Phi) is 6.30. The van der Waals surface area contributed by atoms with Crippen LogP contribution in [0.2, 0.25) is 10.0 Å². The average molecular weight is 331 g/mol. The molecule has 0 aliphatic carbocycles. The van der Waals surface area contributed by atoms with E-state index in [2.05, 4.69) is 5.32 Å². The Morgan fingerprint density at radius 1 is 1.38 bits per heavy atom. The lowest BCUT2D eigenvalue weighted by atomic mass is 10.1. The Labute approximate surface area is 135 Å². The smallest absolute Gasteiger partial charge is 0.238 e. The number of hydrogen-bond donors (Lipinski definition) is 1. The van der Waals surface area contributed by atoms with Crippen molar-refractivity contribution in [3.8, 4) is 0 Å². The Hall–Kier alpha value is -0.810. The van der Waals surface area contributed by atoms with E-state index in [-0.39, 0.29) is 12.0 Å². The number of rotatable bonds is 5. The first-order valence-electron chi connectivity index (χ1n) is 7.09. The highest BCUT2D eigenvalue weighted by molar-refractivity contribution is 6.42. The summed E-state index contributed by atoms with van der Waals surface area (Å²) in [5.41, 5.74) is 0.650. The second-order valence-corrected chi connectivity index (χ2v) is 6.18. The maximum atomic E-state index is 12.0. The first-order chi connectivity index (χ1) is 10.0. The molecule has 1 fully saturated rings. The molecule has 1 aliphatic heterocycles. The van der Waals surface area contributed by atoms with E-state index in [1.165, 1.54) is 6.42 Å². The van der Waals surface area contributed by atoms with Gasteiger partial charge in [-0.1, -0.05) is 23.2 Å². The lowest BCUT2D eigenvalue weighted by Crippen LogP contribution is -2.37. The van der Waals surface area contributed by atoms with E-state index in [1.54, 1.807) is 18.2 Å². The quantitative estimate of drug-likeness (QED) is 0.899. The van der Waals surface area contributed by atoms with Gasteiger partial charge in [0.2, 0.25) is 5.91 Å². The second kappa shape index (κ2) is 7.99. The first-order valence-corrected chi connectivity index (χ1v) is 7.85. The van der Waals surface area contributed by atoms with Gasteiger partial charge in [0.05, 0.1) is 22.7 Å². The summed E-state index contributed by atoms with van der Waals surface area (Å²) in [4.78, 5) is 14.0. The minimum atomic E-state index is -0.0771. The number of nitrogens with one attached hydrogen (secondary N) is 1. The minimum absolute atomic E-state index is 0.0771. The Balaban J connectivity index is 1.78. The van der Waals surface area contributed by atoms with Gasteiger partial charge in [0, 0.05) is 18.8 Å². The number of benzene rings is 1. The molecule has 1 N–H and O–H groups in total. The minimum Gasteiger partial charge on any atom is -0.377 e. The molecule has 0 radical (unpaired) electrons. The maximum Gasteiger partial charge on any atom is 0.238 e. The average Bonchev–Trinajstić information content (AvgIpc) is 2.43. The van der Waals surface area contributed by atoms with Crippen molar-refractivity contribution >= 4 is 34.8 Å². The molecule has 116 valence electrons. The van der Waals surface area contributed by atoms with Gasteiger partial charge in [0.15, 0.2) is 0 Å². The van der Waals surface area contributed by atoms with Crippen LogP contribution in [0.1, 0.15) is 19.3 Å². The molecule has 21 heavy (non-hydrogen) atoms. The molecule has 1 aromatic carbocycles. The predicted octanol–water partition coefficient (Wildman–Crippen LogP) is 3.43. The van der Waals surface area contributed by atoms with Crippen molar-refractivity contribution in [3.63, 3.8) is 0 Å². The van der Waals surface area contributed by atoms with E-state index in [0.29, 0.717) is 22.3 Å². The van der Waals surface area contributed by atoms with E-state index in [9.17, 15) is 4.79 Å². The van der Waals surface area contributed by atoms with Crippen molar-refractivity contribution in [1.29, 1.82) is 0 Å². The van der Waals surface area contributed by atoms with Crippen molar-refractivity contribution in [2.75, 3.05) is 32.1 Å². The largest absolute Gasteiger partial charge is 0.377 e. The number of anilines is 1. The number of halogens is 2. The van der Waals surface area contributed by atoms with Gasteiger partial charge in [-0.15, -0.1) is 0 Å². The predicted molar refractivity (Wildman–Crippen MR) is 86.2 cm³/mol. The summed E-state index contributed by atoms with van der Waals surface area (Å²) in [6, 6.07) is 5.04. The third kappa shape index (κ3) is 5.47. The molecule has 6 heteroatoms. The van der Waals surface area contributed by atoms with Crippen molar-refractivity contribution in [1.82, 2.24) is 4.90 Å². The van der Waals surface area contributed by atoms with Gasteiger partial charge < -0.3 is 10.1 Å². The lowest BCUT2D eigenvalue weighted by molar-refractivity contribution is -0.117. The van der Waals surface area contributed by atoms with Gasteiger partial charge in [0.1, 0.15) is 0 Å². The molecule has 1 atom stereocenters. The molecule has 1 aliphatic rings. The molecule has 0 aromatic heterocycles. The molecular formula is C15H20Cl2N2O2. The number of amides is 1. The fourth-order valence-electron chi connectivity index (χ4n) is 2.38. The van der Waals surface area contributed by atoms with Crippen LogP contribution in [0, 0.1) is 0 Å². The SMILES string of the molecule is CN(CC(=O)Nc1ccc(Cl)c(Cl)c1)CC1CCCCO1. The fraction of sp³-hybridized carbons (Fsp3) is 0.533. The van der Waals surface area contributed by atoms with E-state index in [4.69, 9.17) is 27.9 Å². The molecule has 0 saturated carbocycles. The summed E-state index contributed by atoms with van der Waals surface area (Å²) < 4.78 is 5.67. The van der Waals surface area contributed by atoms with Crippen LogP contribution in [-0.4, -0.2) is 43.7 Å². The number of carbonyl (C=O) groups excluding carboxylic acids is 1. The Morgan fingerprint density at radius 3 is 2.86 bits per heavy atom. The number of ether oxygens (including phenoxy) is 1. The normalized spacial score (nSPS) is 18.8. The monoisotopic (exact) mass is 330 g/mol. The van der Waals surface area contributed by atoms with Crippen LogP contribution in [-0.2, 0) is 9.53 Å². The van der Waals surface area contributed by atoms with Crippen molar-refractivity contribution < 1.29 is 9.53 Å². The van der Waals surface area contributed by atoms with Crippen LogP contribution in [0.3, 0.4) is 0 Å². The molecule has 1 saturated heterocycles. The Morgan fingerprint density at radius 2 is 2.19 bits per heavy atom. The highest BCUT2D eigenvalue weighted by Crippen LogP contribution is 2.24. The zero-order valence-corrected chi connectivity index (χ0v) is 13.6. The molecule has 1 heterocycles. The number of hydrogen-bond acceptors (Lipinski definition) is 3. The third-order valence-electron chi connectivity index (χ3n) is 3.41. The molecule has 0 bridgehead atoms. The van der Waals surface area contributed by atoms with Crippen LogP contribution < -0.4 is 5.32 Å². The van der Waals surface area contributed by atoms with Crippen LogP contribution >= 0.6 is 23.2 Å². The number of carbonyl (C=O) groups is 1. The van der Waals surface area contributed by atoms with Crippen LogP contribution in [0.25, 0.3) is 0 Å². The summed E-state index contributed by atoms with van der Waals surface area (Å²) in [5.74, 6) is -0.0771. The lowest BCUT2D eigenvalue weighted by Gasteiger charge is -2.27. The molecule has 4 nitrogen and oxygen atoms in total. The van der Waals surface area contributed by atoms with E-state index in [1.807, 2.05) is 11.9 Å². The van der Waals surface area contributed by atoms with Gasteiger partial charge in [-0.25, -0.2) is 0 Å². The van der Waals surface area contributed by atoms with Gasteiger partial charge in [-0.2, -0.15) is 0 Å². The summed E-state index contributed by atoms with van der Waals surface area (Å²) in [5, 5.41) is 3.72. The van der Waals surface area contributed by atoms with E-state index in [0.717, 1.165) is 26.0 Å². The molecular weight excluding hydrogens is 311 g/mol. The summed E-state index contributed by atoms with van der Waals surface area (Å²) >= 11 is 11.8. The zero-order chi connectivity index (χ0) is 15.2.